The quantitative estimate of drug-likeness (QED) is 0.412. The number of para-hydroxylation sites is 1. The standard InChI is InChI=1S/C26H27N3O/c1-29(2)21-14-12-19(13-15-21)16-17-27-25(20-8-4-3-5-9-20)26(30)23-18-28-24-11-7-6-10-22(23)24/h3-15,18,25,27-28H,16-17H2,1-2H3. The van der Waals surface area contributed by atoms with Gasteiger partial charge in [-0.1, -0.05) is 60.7 Å². The Bertz CT molecular complexity index is 1110. The molecule has 4 nitrogen and oxygen atoms in total. The Kier molecular flexibility index (Phi) is 5.96. The number of hydrogen-bond acceptors (Lipinski definition) is 3. The van der Waals surface area contributed by atoms with Crippen LogP contribution < -0.4 is 10.2 Å². The fourth-order valence-corrected chi connectivity index (χ4v) is 3.76. The largest absolute Gasteiger partial charge is 0.378 e. The Balaban J connectivity index is 1.52. The molecule has 1 heterocycles. The van der Waals surface area contributed by atoms with E-state index >= 15 is 0 Å². The van der Waals surface area contributed by atoms with E-state index < -0.39 is 0 Å². The molecule has 1 unspecified atom stereocenters. The number of Topliss-reactive ketones (excluding diaryl/α,β-unsaturated/α-hetero) is 1. The van der Waals surface area contributed by atoms with Crippen molar-refractivity contribution < 1.29 is 4.79 Å². The molecule has 4 heteroatoms. The summed E-state index contributed by atoms with van der Waals surface area (Å²) < 4.78 is 0. The Labute approximate surface area is 177 Å². The number of H-pyrrole nitrogens is 1. The summed E-state index contributed by atoms with van der Waals surface area (Å²) in [6.45, 7) is 0.717. The van der Waals surface area contributed by atoms with Gasteiger partial charge in [0.05, 0.1) is 6.04 Å². The van der Waals surface area contributed by atoms with E-state index in [0.29, 0.717) is 0 Å². The third-order valence-electron chi connectivity index (χ3n) is 5.46. The number of benzene rings is 3. The minimum absolute atomic E-state index is 0.0848. The number of ketones is 1. The number of nitrogens with one attached hydrogen (secondary N) is 2. The molecule has 0 amide bonds. The van der Waals surface area contributed by atoms with Crippen LogP contribution in [-0.2, 0) is 6.42 Å². The van der Waals surface area contributed by atoms with Crippen LogP contribution in [-0.4, -0.2) is 31.4 Å². The highest BCUT2D eigenvalue weighted by molar-refractivity contribution is 6.10. The first-order chi connectivity index (χ1) is 14.6. The van der Waals surface area contributed by atoms with Crippen LogP contribution in [0.3, 0.4) is 0 Å². The van der Waals surface area contributed by atoms with Gasteiger partial charge in [0.2, 0.25) is 0 Å². The van der Waals surface area contributed by atoms with E-state index in [1.54, 1.807) is 0 Å². The minimum atomic E-state index is -0.383. The number of hydrogen-bond donors (Lipinski definition) is 2. The normalized spacial score (nSPS) is 12.1. The van der Waals surface area contributed by atoms with E-state index in [9.17, 15) is 4.79 Å². The van der Waals surface area contributed by atoms with Crippen molar-refractivity contribution >= 4 is 22.4 Å². The average Bonchev–Trinajstić information content (AvgIpc) is 3.21. The van der Waals surface area contributed by atoms with Gasteiger partial charge in [-0.25, -0.2) is 0 Å². The molecule has 1 atom stereocenters. The second-order valence-corrected chi connectivity index (χ2v) is 7.72. The summed E-state index contributed by atoms with van der Waals surface area (Å²) in [4.78, 5) is 18.8. The molecule has 152 valence electrons. The highest BCUT2D eigenvalue weighted by Crippen LogP contribution is 2.25. The molecular formula is C26H27N3O. The van der Waals surface area contributed by atoms with E-state index in [2.05, 4.69) is 39.5 Å². The maximum absolute atomic E-state index is 13.5. The van der Waals surface area contributed by atoms with Crippen molar-refractivity contribution in [2.75, 3.05) is 25.5 Å². The van der Waals surface area contributed by atoms with E-state index in [-0.39, 0.29) is 11.8 Å². The fraction of sp³-hybridized carbons (Fsp3) is 0.192. The van der Waals surface area contributed by atoms with Gasteiger partial charge in [0, 0.05) is 49.0 Å². The lowest BCUT2D eigenvalue weighted by atomic mass is 9.96. The molecule has 0 radical (unpaired) electrons. The fourth-order valence-electron chi connectivity index (χ4n) is 3.76. The number of aromatic nitrogens is 1. The summed E-state index contributed by atoms with van der Waals surface area (Å²) in [5.74, 6) is 0.0848. The van der Waals surface area contributed by atoms with Crippen LogP contribution >= 0.6 is 0 Å². The average molecular weight is 398 g/mol. The van der Waals surface area contributed by atoms with Crippen LogP contribution in [0.2, 0.25) is 0 Å². The van der Waals surface area contributed by atoms with Gasteiger partial charge in [0.15, 0.2) is 5.78 Å². The molecule has 0 fully saturated rings. The molecule has 1 aromatic heterocycles. The maximum Gasteiger partial charge on any atom is 0.186 e. The zero-order valence-corrected chi connectivity index (χ0v) is 17.4. The first-order valence-electron chi connectivity index (χ1n) is 10.3. The summed E-state index contributed by atoms with van der Waals surface area (Å²) in [7, 11) is 4.08. The molecule has 30 heavy (non-hydrogen) atoms. The van der Waals surface area contributed by atoms with Crippen LogP contribution in [0.15, 0.2) is 85.1 Å². The van der Waals surface area contributed by atoms with Gasteiger partial charge in [0.25, 0.3) is 0 Å². The van der Waals surface area contributed by atoms with Gasteiger partial charge in [-0.05, 0) is 35.7 Å². The van der Waals surface area contributed by atoms with E-state index in [1.165, 1.54) is 11.3 Å². The topological polar surface area (TPSA) is 48.1 Å². The van der Waals surface area contributed by atoms with E-state index in [0.717, 1.165) is 35.0 Å². The lowest BCUT2D eigenvalue weighted by Gasteiger charge is -2.18. The maximum atomic E-state index is 13.5. The second kappa shape index (κ2) is 8.97. The van der Waals surface area contributed by atoms with Crippen molar-refractivity contribution in [1.82, 2.24) is 10.3 Å². The Morgan fingerprint density at radius 3 is 2.37 bits per heavy atom. The van der Waals surface area contributed by atoms with Crippen LogP contribution in [0.5, 0.6) is 0 Å². The second-order valence-electron chi connectivity index (χ2n) is 7.72. The zero-order chi connectivity index (χ0) is 20.9. The first kappa shape index (κ1) is 19.9. The summed E-state index contributed by atoms with van der Waals surface area (Å²) in [6.07, 6.45) is 2.68. The minimum Gasteiger partial charge on any atom is -0.378 e. The predicted molar refractivity (Wildman–Crippen MR) is 124 cm³/mol. The van der Waals surface area contributed by atoms with Gasteiger partial charge in [-0.15, -0.1) is 0 Å². The van der Waals surface area contributed by atoms with Crippen molar-refractivity contribution in [2.45, 2.75) is 12.5 Å². The lowest BCUT2D eigenvalue weighted by Crippen LogP contribution is -2.30. The number of anilines is 1. The summed E-state index contributed by atoms with van der Waals surface area (Å²) in [5.41, 5.74) is 5.12. The molecular weight excluding hydrogens is 370 g/mol. The molecule has 0 saturated heterocycles. The van der Waals surface area contributed by atoms with Gasteiger partial charge in [-0.3, -0.25) is 4.79 Å². The van der Waals surface area contributed by atoms with Crippen LogP contribution in [0.4, 0.5) is 5.69 Å². The molecule has 4 rings (SSSR count). The molecule has 0 aliphatic carbocycles. The number of rotatable bonds is 8. The van der Waals surface area contributed by atoms with Crippen LogP contribution in [0.25, 0.3) is 10.9 Å². The molecule has 4 aromatic rings. The third-order valence-corrected chi connectivity index (χ3v) is 5.46. The van der Waals surface area contributed by atoms with Crippen molar-refractivity contribution in [3.8, 4) is 0 Å². The number of aromatic amines is 1. The van der Waals surface area contributed by atoms with Crippen LogP contribution in [0, 0.1) is 0 Å². The zero-order valence-electron chi connectivity index (χ0n) is 17.4. The number of carbonyl (C=O) groups excluding carboxylic acids is 1. The highest BCUT2D eigenvalue weighted by Gasteiger charge is 2.23. The first-order valence-corrected chi connectivity index (χ1v) is 10.3. The van der Waals surface area contributed by atoms with Crippen LogP contribution in [0.1, 0.15) is 27.5 Å². The molecule has 0 aliphatic heterocycles. The lowest BCUT2D eigenvalue weighted by molar-refractivity contribution is 0.0945. The van der Waals surface area contributed by atoms with E-state index in [1.807, 2.05) is 74.9 Å². The Morgan fingerprint density at radius 1 is 0.933 bits per heavy atom. The summed E-state index contributed by atoms with van der Waals surface area (Å²) in [6, 6.07) is 26.0. The van der Waals surface area contributed by atoms with Crippen molar-refractivity contribution in [3.05, 3.63) is 102 Å². The molecule has 3 aromatic carbocycles. The molecule has 0 aliphatic rings. The SMILES string of the molecule is CN(C)c1ccc(CCNC(C(=O)c2c[nH]c3ccccc23)c2ccccc2)cc1. The molecule has 2 N–H and O–H groups in total. The number of nitrogens with zero attached hydrogens (tertiary/aromatic N) is 1. The molecule has 0 spiro atoms. The monoisotopic (exact) mass is 397 g/mol. The number of fused-ring (bicyclic) bond motifs is 1. The van der Waals surface area contributed by atoms with Gasteiger partial charge < -0.3 is 15.2 Å². The van der Waals surface area contributed by atoms with Crippen molar-refractivity contribution in [1.29, 1.82) is 0 Å². The van der Waals surface area contributed by atoms with Gasteiger partial charge in [-0.2, -0.15) is 0 Å². The predicted octanol–water partition coefficient (Wildman–Crippen LogP) is 4.99. The highest BCUT2D eigenvalue weighted by atomic mass is 16.1. The molecule has 0 saturated carbocycles. The smallest absolute Gasteiger partial charge is 0.186 e. The van der Waals surface area contributed by atoms with E-state index in [4.69, 9.17) is 0 Å². The van der Waals surface area contributed by atoms with Crippen molar-refractivity contribution in [3.63, 3.8) is 0 Å². The van der Waals surface area contributed by atoms with Crippen molar-refractivity contribution in [2.24, 2.45) is 0 Å². The molecule has 0 bridgehead atoms. The summed E-state index contributed by atoms with van der Waals surface area (Å²) >= 11 is 0. The Morgan fingerprint density at radius 2 is 1.63 bits per heavy atom. The van der Waals surface area contributed by atoms with Gasteiger partial charge in [0.1, 0.15) is 0 Å². The third kappa shape index (κ3) is 4.29. The summed E-state index contributed by atoms with van der Waals surface area (Å²) in [5, 5.41) is 4.46. The van der Waals surface area contributed by atoms with Gasteiger partial charge >= 0.3 is 0 Å². The number of carbonyl (C=O) groups is 1. The Hall–Kier alpha value is -3.37.